The highest BCUT2D eigenvalue weighted by molar-refractivity contribution is 5.98. The molecule has 124 valence electrons. The Bertz CT molecular complexity index is 775. The number of benzene rings is 2. The monoisotopic (exact) mass is 324 g/mol. The molecular weight excluding hydrogens is 304 g/mol. The van der Waals surface area contributed by atoms with E-state index in [0.717, 1.165) is 35.7 Å². The summed E-state index contributed by atoms with van der Waals surface area (Å²) in [5.74, 6) is 1.65. The maximum absolute atomic E-state index is 12.7. The number of carbonyl (C=O) groups excluding carboxylic acids is 1. The second-order valence-electron chi connectivity index (χ2n) is 6.16. The molecule has 1 amide bonds. The van der Waals surface area contributed by atoms with Crippen LogP contribution in [0.4, 0.5) is 5.69 Å². The van der Waals surface area contributed by atoms with Gasteiger partial charge in [-0.15, -0.1) is 0 Å². The fourth-order valence-corrected chi connectivity index (χ4v) is 3.21. The topological polar surface area (TPSA) is 50.8 Å². The van der Waals surface area contributed by atoms with Gasteiger partial charge in [-0.3, -0.25) is 4.79 Å². The average molecular weight is 324 g/mol. The number of nitrogens with zero attached hydrogens (tertiary/aromatic N) is 1. The second kappa shape index (κ2) is 6.17. The number of amides is 1. The third-order valence-corrected chi connectivity index (χ3v) is 4.57. The highest BCUT2D eigenvalue weighted by Gasteiger charge is 2.27. The predicted molar refractivity (Wildman–Crippen MR) is 91.4 cm³/mol. The van der Waals surface area contributed by atoms with E-state index >= 15 is 0 Å². The van der Waals surface area contributed by atoms with Crippen LogP contribution in [-0.4, -0.2) is 25.3 Å². The van der Waals surface area contributed by atoms with Gasteiger partial charge >= 0.3 is 0 Å². The van der Waals surface area contributed by atoms with Crippen LogP contribution >= 0.6 is 0 Å². The van der Waals surface area contributed by atoms with Gasteiger partial charge in [0.05, 0.1) is 6.04 Å². The van der Waals surface area contributed by atoms with E-state index in [1.165, 1.54) is 5.56 Å². The van der Waals surface area contributed by atoms with Crippen LogP contribution in [0.25, 0.3) is 0 Å². The van der Waals surface area contributed by atoms with Crippen LogP contribution in [0.5, 0.6) is 11.5 Å². The van der Waals surface area contributed by atoms with Gasteiger partial charge in [0.25, 0.3) is 0 Å². The standard InChI is InChI=1S/C19H20N2O3/c1-13(19(22)21-9-8-15-4-2-3-5-16(15)21)20-11-14-6-7-17-18(10-14)24-12-23-17/h2-7,10,13,20H,8-9,11-12H2,1H3/t13-/m0/s1. The molecule has 0 fully saturated rings. The molecule has 5 heteroatoms. The summed E-state index contributed by atoms with van der Waals surface area (Å²) in [6.07, 6.45) is 0.927. The summed E-state index contributed by atoms with van der Waals surface area (Å²) < 4.78 is 10.7. The van der Waals surface area contributed by atoms with E-state index in [0.29, 0.717) is 6.54 Å². The van der Waals surface area contributed by atoms with Crippen LogP contribution in [0.2, 0.25) is 0 Å². The first kappa shape index (κ1) is 15.0. The third kappa shape index (κ3) is 2.71. The van der Waals surface area contributed by atoms with Gasteiger partial charge in [0.1, 0.15) is 0 Å². The number of hydrogen-bond acceptors (Lipinski definition) is 4. The molecular formula is C19H20N2O3. The lowest BCUT2D eigenvalue weighted by molar-refractivity contribution is -0.120. The van der Waals surface area contributed by atoms with Crippen molar-refractivity contribution in [3.63, 3.8) is 0 Å². The first-order valence-electron chi connectivity index (χ1n) is 8.23. The fourth-order valence-electron chi connectivity index (χ4n) is 3.21. The van der Waals surface area contributed by atoms with Crippen LogP contribution in [0.1, 0.15) is 18.1 Å². The van der Waals surface area contributed by atoms with Gasteiger partial charge in [-0.1, -0.05) is 24.3 Å². The van der Waals surface area contributed by atoms with Gasteiger partial charge in [0, 0.05) is 18.8 Å². The fraction of sp³-hybridized carbons (Fsp3) is 0.316. The maximum atomic E-state index is 12.7. The van der Waals surface area contributed by atoms with E-state index in [9.17, 15) is 4.79 Å². The molecule has 1 N–H and O–H groups in total. The molecule has 5 nitrogen and oxygen atoms in total. The minimum Gasteiger partial charge on any atom is -0.454 e. The summed E-state index contributed by atoms with van der Waals surface area (Å²) in [5, 5.41) is 3.31. The number of nitrogens with one attached hydrogen (secondary N) is 1. The number of carbonyl (C=O) groups is 1. The van der Waals surface area contributed by atoms with Crippen LogP contribution in [0.15, 0.2) is 42.5 Å². The first-order valence-corrected chi connectivity index (χ1v) is 8.23. The molecule has 0 aromatic heterocycles. The Balaban J connectivity index is 1.40. The van der Waals surface area contributed by atoms with E-state index in [-0.39, 0.29) is 18.7 Å². The van der Waals surface area contributed by atoms with E-state index < -0.39 is 0 Å². The summed E-state index contributed by atoms with van der Waals surface area (Å²) >= 11 is 0. The number of fused-ring (bicyclic) bond motifs is 2. The average Bonchev–Trinajstić information content (AvgIpc) is 3.25. The molecule has 0 aliphatic carbocycles. The van der Waals surface area contributed by atoms with Crippen LogP contribution in [-0.2, 0) is 17.8 Å². The molecule has 0 bridgehead atoms. The molecule has 2 aromatic carbocycles. The van der Waals surface area contributed by atoms with E-state index in [4.69, 9.17) is 9.47 Å². The molecule has 0 spiro atoms. The highest BCUT2D eigenvalue weighted by atomic mass is 16.7. The predicted octanol–water partition coefficient (Wildman–Crippen LogP) is 2.48. The van der Waals surface area contributed by atoms with E-state index in [2.05, 4.69) is 11.4 Å². The second-order valence-corrected chi connectivity index (χ2v) is 6.16. The van der Waals surface area contributed by atoms with Crippen LogP contribution in [0.3, 0.4) is 0 Å². The first-order chi connectivity index (χ1) is 11.7. The molecule has 0 saturated heterocycles. The normalized spacial score (nSPS) is 16.1. The van der Waals surface area contributed by atoms with Crippen molar-refractivity contribution in [1.82, 2.24) is 5.32 Å². The Hall–Kier alpha value is -2.53. The van der Waals surface area contributed by atoms with Crippen molar-refractivity contribution in [2.45, 2.75) is 25.9 Å². The molecule has 0 radical (unpaired) electrons. The van der Waals surface area contributed by atoms with Crippen molar-refractivity contribution in [2.75, 3.05) is 18.2 Å². The van der Waals surface area contributed by atoms with Gasteiger partial charge in [-0.25, -0.2) is 0 Å². The molecule has 24 heavy (non-hydrogen) atoms. The molecule has 2 aliphatic heterocycles. The summed E-state index contributed by atoms with van der Waals surface area (Å²) in [7, 11) is 0. The van der Waals surface area contributed by atoms with Crippen molar-refractivity contribution < 1.29 is 14.3 Å². The molecule has 2 aliphatic rings. The van der Waals surface area contributed by atoms with Crippen molar-refractivity contribution in [1.29, 1.82) is 0 Å². The SMILES string of the molecule is C[C@H](NCc1ccc2c(c1)OCO2)C(=O)N1CCc2ccccc21. The van der Waals surface area contributed by atoms with Crippen molar-refractivity contribution in [3.8, 4) is 11.5 Å². The molecule has 2 aromatic rings. The van der Waals surface area contributed by atoms with Crippen LogP contribution < -0.4 is 19.7 Å². The van der Waals surface area contributed by atoms with Crippen molar-refractivity contribution in [3.05, 3.63) is 53.6 Å². The Morgan fingerprint density at radius 3 is 2.96 bits per heavy atom. The van der Waals surface area contributed by atoms with E-state index in [1.807, 2.05) is 48.2 Å². The summed E-state index contributed by atoms with van der Waals surface area (Å²) in [4.78, 5) is 14.6. The van der Waals surface area contributed by atoms with E-state index in [1.54, 1.807) is 0 Å². The number of hydrogen-bond donors (Lipinski definition) is 1. The molecule has 0 unspecified atom stereocenters. The molecule has 4 rings (SSSR count). The number of rotatable bonds is 4. The van der Waals surface area contributed by atoms with Gasteiger partial charge < -0.3 is 19.7 Å². The number of ether oxygens (including phenoxy) is 2. The molecule has 2 heterocycles. The maximum Gasteiger partial charge on any atom is 0.243 e. The van der Waals surface area contributed by atoms with Gasteiger partial charge in [0.15, 0.2) is 11.5 Å². The van der Waals surface area contributed by atoms with Crippen molar-refractivity contribution in [2.24, 2.45) is 0 Å². The largest absolute Gasteiger partial charge is 0.454 e. The number of para-hydroxylation sites is 1. The lowest BCUT2D eigenvalue weighted by Gasteiger charge is -2.22. The van der Waals surface area contributed by atoms with Gasteiger partial charge in [-0.05, 0) is 42.7 Å². The molecule has 0 saturated carbocycles. The Morgan fingerprint density at radius 1 is 1.21 bits per heavy atom. The van der Waals surface area contributed by atoms with Gasteiger partial charge in [-0.2, -0.15) is 0 Å². The Kier molecular flexibility index (Phi) is 3.86. The highest BCUT2D eigenvalue weighted by Crippen LogP contribution is 2.32. The van der Waals surface area contributed by atoms with Gasteiger partial charge in [0.2, 0.25) is 12.7 Å². The lowest BCUT2D eigenvalue weighted by atomic mass is 10.1. The minimum atomic E-state index is -0.249. The zero-order chi connectivity index (χ0) is 16.5. The summed E-state index contributed by atoms with van der Waals surface area (Å²) in [6.45, 7) is 3.55. The Morgan fingerprint density at radius 2 is 2.04 bits per heavy atom. The zero-order valence-corrected chi connectivity index (χ0v) is 13.6. The van der Waals surface area contributed by atoms with Crippen molar-refractivity contribution >= 4 is 11.6 Å². The smallest absolute Gasteiger partial charge is 0.243 e. The quantitative estimate of drug-likeness (QED) is 0.939. The summed E-state index contributed by atoms with van der Waals surface area (Å²) in [5.41, 5.74) is 3.36. The Labute approximate surface area is 141 Å². The zero-order valence-electron chi connectivity index (χ0n) is 13.6. The summed E-state index contributed by atoms with van der Waals surface area (Å²) in [6, 6.07) is 13.7. The minimum absolute atomic E-state index is 0.112. The molecule has 1 atom stereocenters. The lowest BCUT2D eigenvalue weighted by Crippen LogP contribution is -2.44. The third-order valence-electron chi connectivity index (χ3n) is 4.57. The van der Waals surface area contributed by atoms with Crippen LogP contribution in [0, 0.1) is 0 Å². The number of anilines is 1.